The van der Waals surface area contributed by atoms with Crippen LogP contribution in [0.3, 0.4) is 0 Å². The zero-order valence-electron chi connectivity index (χ0n) is 12.7. The van der Waals surface area contributed by atoms with Crippen LogP contribution in [-0.4, -0.2) is 18.6 Å². The molecule has 0 aliphatic heterocycles. The van der Waals surface area contributed by atoms with Crippen molar-refractivity contribution in [2.75, 3.05) is 11.9 Å². The van der Waals surface area contributed by atoms with Crippen LogP contribution in [0.1, 0.15) is 32.3 Å². The van der Waals surface area contributed by atoms with Crippen LogP contribution in [0, 0.1) is 11.8 Å². The lowest BCUT2D eigenvalue weighted by Gasteiger charge is -2.15. The van der Waals surface area contributed by atoms with Crippen molar-refractivity contribution in [2.24, 2.45) is 17.6 Å². The molecule has 3 N–H and O–H groups in total. The Morgan fingerprint density at radius 1 is 1.43 bits per heavy atom. The summed E-state index contributed by atoms with van der Waals surface area (Å²) in [5.41, 5.74) is 7.62. The summed E-state index contributed by atoms with van der Waals surface area (Å²) in [6.07, 6.45) is 2.59. The molecule has 0 heterocycles. The van der Waals surface area contributed by atoms with Crippen LogP contribution >= 0.6 is 12.4 Å². The number of benzene rings is 1. The van der Waals surface area contributed by atoms with E-state index in [2.05, 4.69) is 5.32 Å². The zero-order chi connectivity index (χ0) is 14.5. The van der Waals surface area contributed by atoms with Crippen molar-refractivity contribution in [3.8, 4) is 0 Å². The molecule has 1 aromatic carbocycles. The first-order valence-electron chi connectivity index (χ1n) is 7.29. The molecule has 1 aliphatic rings. The molecular weight excluding hydrogens is 288 g/mol. The standard InChI is InChI=1S/C16H24N2O2.ClH/c1-11(12(2)17)16(19)18-15-5-3-4-14(8-15)10-20-9-13-6-7-13;/h3-5,8,11-13H,6-7,9-10,17H2,1-2H3,(H,18,19);1H. The van der Waals surface area contributed by atoms with Crippen molar-refractivity contribution >= 4 is 24.0 Å². The van der Waals surface area contributed by atoms with Gasteiger partial charge in [0.25, 0.3) is 0 Å². The van der Waals surface area contributed by atoms with E-state index >= 15 is 0 Å². The Morgan fingerprint density at radius 2 is 2.14 bits per heavy atom. The maximum atomic E-state index is 12.0. The van der Waals surface area contributed by atoms with Crippen molar-refractivity contribution in [3.63, 3.8) is 0 Å². The largest absolute Gasteiger partial charge is 0.376 e. The highest BCUT2D eigenvalue weighted by Gasteiger charge is 2.21. The van der Waals surface area contributed by atoms with Gasteiger partial charge in [0, 0.05) is 18.3 Å². The van der Waals surface area contributed by atoms with E-state index in [0.717, 1.165) is 23.8 Å². The summed E-state index contributed by atoms with van der Waals surface area (Å²) >= 11 is 0. The molecule has 2 rings (SSSR count). The summed E-state index contributed by atoms with van der Waals surface area (Å²) in [7, 11) is 0. The zero-order valence-corrected chi connectivity index (χ0v) is 13.5. The van der Waals surface area contributed by atoms with Gasteiger partial charge in [0.15, 0.2) is 0 Å². The summed E-state index contributed by atoms with van der Waals surface area (Å²) in [5.74, 6) is 0.519. The van der Waals surface area contributed by atoms with Crippen LogP contribution in [0.25, 0.3) is 0 Å². The Morgan fingerprint density at radius 3 is 2.76 bits per heavy atom. The number of hydrogen-bond donors (Lipinski definition) is 2. The van der Waals surface area contributed by atoms with Gasteiger partial charge in [0.05, 0.1) is 12.5 Å². The SMILES string of the molecule is CC(N)C(C)C(=O)Nc1cccc(COCC2CC2)c1.Cl. The molecule has 1 amide bonds. The van der Waals surface area contributed by atoms with Crippen LogP contribution in [0.15, 0.2) is 24.3 Å². The molecule has 4 nitrogen and oxygen atoms in total. The molecule has 118 valence electrons. The average molecular weight is 313 g/mol. The second kappa shape index (κ2) is 8.37. The fourth-order valence-corrected chi connectivity index (χ4v) is 1.86. The molecule has 1 aliphatic carbocycles. The highest BCUT2D eigenvalue weighted by Crippen LogP contribution is 2.29. The molecule has 1 aromatic rings. The molecule has 0 bridgehead atoms. The topological polar surface area (TPSA) is 64.4 Å². The molecular formula is C16H25ClN2O2. The summed E-state index contributed by atoms with van der Waals surface area (Å²) in [6, 6.07) is 7.63. The van der Waals surface area contributed by atoms with E-state index < -0.39 is 0 Å². The van der Waals surface area contributed by atoms with Gasteiger partial charge < -0.3 is 15.8 Å². The Hall–Kier alpha value is -1.10. The molecule has 2 unspecified atom stereocenters. The average Bonchev–Trinajstić information content (AvgIpc) is 3.22. The van der Waals surface area contributed by atoms with E-state index in [1.165, 1.54) is 12.8 Å². The third-order valence-corrected chi connectivity index (χ3v) is 3.72. The van der Waals surface area contributed by atoms with Gasteiger partial charge in [-0.1, -0.05) is 19.1 Å². The van der Waals surface area contributed by atoms with Crippen LogP contribution < -0.4 is 11.1 Å². The lowest BCUT2D eigenvalue weighted by molar-refractivity contribution is -0.119. The highest BCUT2D eigenvalue weighted by atomic mass is 35.5. The summed E-state index contributed by atoms with van der Waals surface area (Å²) in [6.45, 7) is 5.12. The summed E-state index contributed by atoms with van der Waals surface area (Å²) < 4.78 is 5.66. The van der Waals surface area contributed by atoms with Gasteiger partial charge in [0.1, 0.15) is 0 Å². The van der Waals surface area contributed by atoms with Gasteiger partial charge in [-0.25, -0.2) is 0 Å². The van der Waals surface area contributed by atoms with E-state index in [-0.39, 0.29) is 30.3 Å². The molecule has 1 fully saturated rings. The van der Waals surface area contributed by atoms with E-state index in [9.17, 15) is 4.79 Å². The second-order valence-electron chi connectivity index (χ2n) is 5.80. The minimum absolute atomic E-state index is 0. The van der Waals surface area contributed by atoms with Gasteiger partial charge >= 0.3 is 0 Å². The number of nitrogens with one attached hydrogen (secondary N) is 1. The van der Waals surface area contributed by atoms with Crippen molar-refractivity contribution < 1.29 is 9.53 Å². The van der Waals surface area contributed by atoms with Crippen LogP contribution in [0.5, 0.6) is 0 Å². The molecule has 0 spiro atoms. The number of anilines is 1. The van der Waals surface area contributed by atoms with Crippen LogP contribution in [0.2, 0.25) is 0 Å². The van der Waals surface area contributed by atoms with Crippen molar-refractivity contribution in [1.29, 1.82) is 0 Å². The van der Waals surface area contributed by atoms with Gasteiger partial charge in [-0.3, -0.25) is 4.79 Å². The van der Waals surface area contributed by atoms with Crippen molar-refractivity contribution in [3.05, 3.63) is 29.8 Å². The van der Waals surface area contributed by atoms with Crippen molar-refractivity contribution in [1.82, 2.24) is 0 Å². The molecule has 0 radical (unpaired) electrons. The minimum Gasteiger partial charge on any atom is -0.376 e. The lowest BCUT2D eigenvalue weighted by atomic mass is 10.0. The van der Waals surface area contributed by atoms with Gasteiger partial charge in [-0.15, -0.1) is 12.4 Å². The molecule has 21 heavy (non-hydrogen) atoms. The number of amides is 1. The minimum atomic E-state index is -0.204. The third-order valence-electron chi connectivity index (χ3n) is 3.72. The van der Waals surface area contributed by atoms with Crippen LogP contribution in [-0.2, 0) is 16.1 Å². The number of nitrogens with two attached hydrogens (primary N) is 1. The lowest BCUT2D eigenvalue weighted by Crippen LogP contribution is -2.34. The number of hydrogen-bond acceptors (Lipinski definition) is 3. The van der Waals surface area contributed by atoms with Gasteiger partial charge in [-0.2, -0.15) is 0 Å². The summed E-state index contributed by atoms with van der Waals surface area (Å²) in [4.78, 5) is 12.0. The smallest absolute Gasteiger partial charge is 0.228 e. The van der Waals surface area contributed by atoms with Crippen molar-refractivity contribution in [2.45, 2.75) is 39.3 Å². The first-order chi connectivity index (χ1) is 9.56. The molecule has 1 saturated carbocycles. The predicted octanol–water partition coefficient (Wildman–Crippen LogP) is 2.96. The maximum Gasteiger partial charge on any atom is 0.228 e. The van der Waals surface area contributed by atoms with Gasteiger partial charge in [0.2, 0.25) is 5.91 Å². The maximum absolute atomic E-state index is 12.0. The molecule has 0 aromatic heterocycles. The Labute approximate surface area is 132 Å². The van der Waals surface area contributed by atoms with E-state index in [1.807, 2.05) is 38.1 Å². The molecule has 0 saturated heterocycles. The Balaban J connectivity index is 0.00000220. The number of halogens is 1. The third kappa shape index (κ3) is 6.04. The molecule has 2 atom stereocenters. The summed E-state index contributed by atoms with van der Waals surface area (Å²) in [5, 5.41) is 2.90. The molecule has 5 heteroatoms. The van der Waals surface area contributed by atoms with Gasteiger partial charge in [-0.05, 0) is 43.4 Å². The van der Waals surface area contributed by atoms with Crippen LogP contribution in [0.4, 0.5) is 5.69 Å². The number of carbonyl (C=O) groups excluding carboxylic acids is 1. The van der Waals surface area contributed by atoms with E-state index in [1.54, 1.807) is 0 Å². The van der Waals surface area contributed by atoms with E-state index in [4.69, 9.17) is 10.5 Å². The number of rotatable bonds is 7. The Kier molecular flexibility index (Phi) is 7.15. The number of carbonyl (C=O) groups is 1. The fourth-order valence-electron chi connectivity index (χ4n) is 1.86. The van der Waals surface area contributed by atoms with E-state index in [0.29, 0.717) is 6.61 Å². The first-order valence-corrected chi connectivity index (χ1v) is 7.29. The quantitative estimate of drug-likeness (QED) is 0.813. The Bertz CT molecular complexity index is 461. The predicted molar refractivity (Wildman–Crippen MR) is 87.5 cm³/mol. The normalized spacial score (nSPS) is 16.7. The fraction of sp³-hybridized carbons (Fsp3) is 0.562. The monoisotopic (exact) mass is 312 g/mol. The number of ether oxygens (including phenoxy) is 1. The highest BCUT2D eigenvalue weighted by molar-refractivity contribution is 5.92. The second-order valence-corrected chi connectivity index (χ2v) is 5.80. The first kappa shape index (κ1) is 18.0.